The van der Waals surface area contributed by atoms with Crippen molar-refractivity contribution in [2.45, 2.75) is 71.1 Å². The lowest BCUT2D eigenvalue weighted by Gasteiger charge is -2.05. The molecule has 2 amide bonds. The van der Waals surface area contributed by atoms with Crippen molar-refractivity contribution in [3.05, 3.63) is 70.8 Å². The fourth-order valence-electron chi connectivity index (χ4n) is 4.10. The van der Waals surface area contributed by atoms with Crippen molar-refractivity contribution >= 4 is 34.0 Å². The average molecular weight is 581 g/mol. The summed E-state index contributed by atoms with van der Waals surface area (Å²) >= 11 is 3.46. The Morgan fingerprint density at radius 3 is 2.24 bits per heavy atom. The van der Waals surface area contributed by atoms with Crippen LogP contribution in [0.3, 0.4) is 0 Å². The van der Waals surface area contributed by atoms with Crippen LogP contribution >= 0.6 is 15.9 Å². The molecule has 2 aromatic carbocycles. The van der Waals surface area contributed by atoms with Gasteiger partial charge >= 0.3 is 0 Å². The molecule has 202 valence electrons. The maximum atomic E-state index is 12.2. The Hall–Kier alpha value is -3.26. The minimum absolute atomic E-state index is 0.101. The summed E-state index contributed by atoms with van der Waals surface area (Å²) in [5.74, 6) is -0.476. The maximum Gasteiger partial charge on any atom is 0.259 e. The number of hydrazone groups is 1. The third-order valence-corrected chi connectivity index (χ3v) is 6.76. The van der Waals surface area contributed by atoms with E-state index in [2.05, 4.69) is 38.7 Å². The van der Waals surface area contributed by atoms with Crippen molar-refractivity contribution in [2.24, 2.45) is 5.10 Å². The highest BCUT2D eigenvalue weighted by molar-refractivity contribution is 9.10. The van der Waals surface area contributed by atoms with Crippen LogP contribution in [0.4, 0.5) is 0 Å². The van der Waals surface area contributed by atoms with Crippen LogP contribution < -0.4 is 10.7 Å². The summed E-state index contributed by atoms with van der Waals surface area (Å²) in [5.41, 5.74) is 5.85. The lowest BCUT2D eigenvalue weighted by Crippen LogP contribution is -2.34. The van der Waals surface area contributed by atoms with Gasteiger partial charge in [0.05, 0.1) is 18.4 Å². The predicted molar refractivity (Wildman–Crippen MR) is 157 cm³/mol. The molecule has 0 atom stereocenters. The monoisotopic (exact) mass is 579 g/mol. The van der Waals surface area contributed by atoms with E-state index in [-0.39, 0.29) is 18.4 Å². The Morgan fingerprint density at radius 1 is 0.895 bits per heavy atom. The molecule has 0 unspecified atom stereocenters. The fourth-order valence-corrected chi connectivity index (χ4v) is 4.37. The summed E-state index contributed by atoms with van der Waals surface area (Å²) in [5, 5.41) is 11.5. The van der Waals surface area contributed by atoms with Crippen LogP contribution in [0.5, 0.6) is 0 Å². The van der Waals surface area contributed by atoms with E-state index in [1.165, 1.54) is 38.5 Å². The zero-order valence-corrected chi connectivity index (χ0v) is 23.8. The molecule has 0 fully saturated rings. The van der Waals surface area contributed by atoms with Crippen LogP contribution in [0.2, 0.25) is 0 Å². The van der Waals surface area contributed by atoms with Crippen molar-refractivity contribution in [1.29, 1.82) is 0 Å². The number of nitrogens with zero attached hydrogens (tertiary/aromatic N) is 3. The van der Waals surface area contributed by atoms with Gasteiger partial charge < -0.3 is 5.32 Å². The number of hydrogen-bond acceptors (Lipinski definition) is 4. The van der Waals surface area contributed by atoms with Gasteiger partial charge in [-0.1, -0.05) is 105 Å². The number of halogens is 1. The lowest BCUT2D eigenvalue weighted by atomic mass is 10.1. The predicted octanol–water partition coefficient (Wildman–Crippen LogP) is 6.79. The Morgan fingerprint density at radius 2 is 1.55 bits per heavy atom. The second kappa shape index (κ2) is 16.6. The Bertz CT molecular complexity index is 1160. The highest BCUT2D eigenvalue weighted by Gasteiger charge is 2.11. The molecule has 1 heterocycles. The number of aromatic nitrogens is 2. The summed E-state index contributed by atoms with van der Waals surface area (Å²) in [6.07, 6.45) is 14.7. The van der Waals surface area contributed by atoms with Gasteiger partial charge in [-0.25, -0.2) is 10.1 Å². The molecule has 38 heavy (non-hydrogen) atoms. The highest BCUT2D eigenvalue weighted by atomic mass is 79.9. The highest BCUT2D eigenvalue weighted by Crippen LogP contribution is 2.24. The molecular weight excluding hydrogens is 542 g/mol. The van der Waals surface area contributed by atoms with Crippen LogP contribution in [0, 0.1) is 0 Å². The molecule has 0 aliphatic heterocycles. The SMILES string of the molecule is CCCCCCCCCCCC(=O)NCC(=O)N/N=C\c1cn(-c2ccccc2)nc1-c1ccc(Br)cc1. The standard InChI is InChI=1S/C30H38BrN5O2/c1-2-3-4-5-6-7-8-9-13-16-28(37)32-22-29(38)34-33-21-25-23-36(27-14-11-10-12-15-27)35-30(25)24-17-19-26(31)20-18-24/h10-12,14-15,17-21,23H,2-9,13,16,22H2,1H3,(H,32,37)(H,34,38)/b33-21-. The van der Waals surface area contributed by atoms with Crippen LogP contribution in [-0.2, 0) is 9.59 Å². The molecule has 0 bridgehead atoms. The molecule has 1 aromatic heterocycles. The minimum Gasteiger partial charge on any atom is -0.347 e. The van der Waals surface area contributed by atoms with Gasteiger partial charge in [0.15, 0.2) is 0 Å². The minimum atomic E-state index is -0.373. The van der Waals surface area contributed by atoms with Crippen molar-refractivity contribution in [3.63, 3.8) is 0 Å². The number of amides is 2. The van der Waals surface area contributed by atoms with Gasteiger partial charge in [0, 0.05) is 28.2 Å². The molecule has 0 spiro atoms. The molecule has 3 aromatic rings. The topological polar surface area (TPSA) is 88.4 Å². The number of carbonyl (C=O) groups is 2. The van der Waals surface area contributed by atoms with Crippen molar-refractivity contribution < 1.29 is 9.59 Å². The molecule has 2 N–H and O–H groups in total. The number of para-hydroxylation sites is 1. The van der Waals surface area contributed by atoms with E-state index in [4.69, 9.17) is 5.10 Å². The third kappa shape index (κ3) is 10.2. The Kier molecular flexibility index (Phi) is 12.8. The second-order valence-corrected chi connectivity index (χ2v) is 10.3. The van der Waals surface area contributed by atoms with Crippen LogP contribution in [0.15, 0.2) is 70.4 Å². The van der Waals surface area contributed by atoms with Crippen LogP contribution in [-0.4, -0.2) is 34.4 Å². The van der Waals surface area contributed by atoms with E-state index in [9.17, 15) is 9.59 Å². The van der Waals surface area contributed by atoms with Gasteiger partial charge in [-0.05, 0) is 30.7 Å². The fraction of sp³-hybridized carbons (Fsp3) is 0.400. The molecule has 0 saturated carbocycles. The number of carbonyl (C=O) groups excluding carboxylic acids is 2. The number of unbranched alkanes of at least 4 members (excludes halogenated alkanes) is 8. The first-order valence-electron chi connectivity index (χ1n) is 13.6. The normalized spacial score (nSPS) is 11.1. The third-order valence-electron chi connectivity index (χ3n) is 6.23. The summed E-state index contributed by atoms with van der Waals surface area (Å²) in [7, 11) is 0. The maximum absolute atomic E-state index is 12.2. The Balaban J connectivity index is 1.44. The van der Waals surface area contributed by atoms with Gasteiger partial charge in [-0.15, -0.1) is 0 Å². The zero-order chi connectivity index (χ0) is 27.0. The van der Waals surface area contributed by atoms with Gasteiger partial charge in [-0.3, -0.25) is 9.59 Å². The lowest BCUT2D eigenvalue weighted by molar-refractivity contribution is -0.126. The Labute approximate surface area is 234 Å². The van der Waals surface area contributed by atoms with Crippen LogP contribution in [0.25, 0.3) is 16.9 Å². The average Bonchev–Trinajstić information content (AvgIpc) is 3.36. The van der Waals surface area contributed by atoms with E-state index in [1.807, 2.05) is 60.8 Å². The molecule has 0 saturated heterocycles. The van der Waals surface area contributed by atoms with E-state index in [0.29, 0.717) is 6.42 Å². The number of benzene rings is 2. The second-order valence-electron chi connectivity index (χ2n) is 9.37. The molecule has 0 aliphatic carbocycles. The van der Waals surface area contributed by atoms with E-state index in [0.717, 1.165) is 46.2 Å². The largest absolute Gasteiger partial charge is 0.347 e. The summed E-state index contributed by atoms with van der Waals surface area (Å²) in [4.78, 5) is 24.3. The van der Waals surface area contributed by atoms with Crippen molar-refractivity contribution in [2.75, 3.05) is 6.54 Å². The molecule has 0 aliphatic rings. The molecule has 3 rings (SSSR count). The molecule has 8 heteroatoms. The first kappa shape index (κ1) is 29.3. The first-order chi connectivity index (χ1) is 18.6. The zero-order valence-electron chi connectivity index (χ0n) is 22.2. The van der Waals surface area contributed by atoms with Crippen molar-refractivity contribution in [1.82, 2.24) is 20.5 Å². The number of hydrogen-bond donors (Lipinski definition) is 2. The van der Waals surface area contributed by atoms with Gasteiger partial charge in [-0.2, -0.15) is 10.2 Å². The van der Waals surface area contributed by atoms with Crippen LogP contribution in [0.1, 0.15) is 76.7 Å². The van der Waals surface area contributed by atoms with E-state index >= 15 is 0 Å². The van der Waals surface area contributed by atoms with Gasteiger partial charge in [0.2, 0.25) is 5.91 Å². The smallest absolute Gasteiger partial charge is 0.259 e. The molecule has 7 nitrogen and oxygen atoms in total. The first-order valence-corrected chi connectivity index (χ1v) is 14.4. The molecular formula is C30H38BrN5O2. The summed E-state index contributed by atoms with van der Waals surface area (Å²) in [6.45, 7) is 2.13. The summed E-state index contributed by atoms with van der Waals surface area (Å²) in [6, 6.07) is 17.7. The quantitative estimate of drug-likeness (QED) is 0.111. The van der Waals surface area contributed by atoms with E-state index < -0.39 is 0 Å². The van der Waals surface area contributed by atoms with Gasteiger partial charge in [0.25, 0.3) is 5.91 Å². The summed E-state index contributed by atoms with van der Waals surface area (Å²) < 4.78 is 2.76. The molecule has 0 radical (unpaired) electrons. The number of nitrogens with one attached hydrogen (secondary N) is 2. The number of rotatable bonds is 16. The van der Waals surface area contributed by atoms with Crippen molar-refractivity contribution in [3.8, 4) is 16.9 Å². The van der Waals surface area contributed by atoms with E-state index in [1.54, 1.807) is 10.9 Å². The van der Waals surface area contributed by atoms with Gasteiger partial charge in [0.1, 0.15) is 5.69 Å².